The second-order valence-electron chi connectivity index (χ2n) is 6.62. The number of hydrazone groups is 1. The Balaban J connectivity index is 1.85. The fourth-order valence-electron chi connectivity index (χ4n) is 3.01. The minimum absolute atomic E-state index is 0.0579. The van der Waals surface area contributed by atoms with Crippen molar-refractivity contribution in [2.45, 2.75) is 38.2 Å². The minimum atomic E-state index is -4.07. The Hall–Kier alpha value is -3.14. The molecule has 10 heteroatoms. The van der Waals surface area contributed by atoms with Gasteiger partial charge in [-0.05, 0) is 39.0 Å². The first-order chi connectivity index (χ1) is 13.7. The van der Waals surface area contributed by atoms with Crippen LogP contribution in [-0.4, -0.2) is 32.3 Å². The molecule has 3 rings (SSSR count). The highest BCUT2D eigenvalue weighted by Crippen LogP contribution is 2.34. The van der Waals surface area contributed by atoms with Crippen LogP contribution in [0.2, 0.25) is 0 Å². The third kappa shape index (κ3) is 4.48. The zero-order chi connectivity index (χ0) is 21.2. The van der Waals surface area contributed by atoms with E-state index in [1.54, 1.807) is 6.07 Å². The first kappa shape index (κ1) is 20.6. The van der Waals surface area contributed by atoms with Crippen molar-refractivity contribution >= 4 is 21.9 Å². The Bertz CT molecular complexity index is 1080. The van der Waals surface area contributed by atoms with Crippen LogP contribution in [0.15, 0.2) is 40.3 Å². The van der Waals surface area contributed by atoms with Gasteiger partial charge in [-0.15, -0.1) is 0 Å². The van der Waals surface area contributed by atoms with Crippen LogP contribution in [0.1, 0.15) is 30.5 Å². The Labute approximate surface area is 168 Å². The molecule has 2 aromatic carbocycles. The summed E-state index contributed by atoms with van der Waals surface area (Å²) in [7, 11) is -4.07. The Morgan fingerprint density at radius 1 is 1.38 bits per heavy atom. The number of benzene rings is 2. The summed E-state index contributed by atoms with van der Waals surface area (Å²) in [4.78, 5) is 12.3. The Morgan fingerprint density at radius 2 is 2.14 bits per heavy atom. The number of hydrogen-bond acceptors (Lipinski definition) is 7. The van der Waals surface area contributed by atoms with Gasteiger partial charge in [0.1, 0.15) is 17.6 Å². The molecule has 0 saturated carbocycles. The summed E-state index contributed by atoms with van der Waals surface area (Å²) in [6.07, 6.45) is 2.14. The number of nitro benzene ring substituents is 1. The first-order valence-corrected chi connectivity index (χ1v) is 10.5. The summed E-state index contributed by atoms with van der Waals surface area (Å²) in [5.41, 5.74) is 1.66. The van der Waals surface area contributed by atoms with E-state index in [0.29, 0.717) is 29.2 Å². The summed E-state index contributed by atoms with van der Waals surface area (Å²) < 4.78 is 36.2. The van der Waals surface area contributed by atoms with Gasteiger partial charge in [0.2, 0.25) is 0 Å². The number of fused-ring (bicyclic) bond motifs is 1. The standard InChI is InChI=1S/C19H21N3O6S/c1-4-27-18-8-14-7-13(3)28-19(14)9-15(18)11-20-21-29(25,26)16-6-5-12(2)17(10-16)22(23)24/h5-6,8-11,13,21H,4,7H2,1-3H3/b20-11-/t13-/m0/s1. The quantitative estimate of drug-likeness (QED) is 0.418. The fraction of sp³-hybridized carbons (Fsp3) is 0.316. The number of nitrogens with zero attached hydrogens (tertiary/aromatic N) is 2. The average Bonchev–Trinajstić information content (AvgIpc) is 3.00. The second-order valence-corrected chi connectivity index (χ2v) is 8.28. The number of rotatable bonds is 7. The van der Waals surface area contributed by atoms with E-state index in [2.05, 4.69) is 9.93 Å². The molecule has 1 aliphatic heterocycles. The van der Waals surface area contributed by atoms with E-state index in [1.165, 1.54) is 25.3 Å². The lowest BCUT2D eigenvalue weighted by Crippen LogP contribution is -2.18. The highest BCUT2D eigenvalue weighted by molar-refractivity contribution is 7.89. The molecule has 29 heavy (non-hydrogen) atoms. The normalized spacial score (nSPS) is 15.8. The summed E-state index contributed by atoms with van der Waals surface area (Å²) in [5.74, 6) is 1.28. The van der Waals surface area contributed by atoms with E-state index in [1.807, 2.05) is 19.9 Å². The molecule has 2 aromatic rings. The van der Waals surface area contributed by atoms with Crippen molar-refractivity contribution in [3.8, 4) is 11.5 Å². The largest absolute Gasteiger partial charge is 0.493 e. The number of nitrogens with one attached hydrogen (secondary N) is 1. The van der Waals surface area contributed by atoms with Crippen molar-refractivity contribution in [2.24, 2.45) is 5.10 Å². The van der Waals surface area contributed by atoms with Gasteiger partial charge in [-0.25, -0.2) is 4.83 Å². The lowest BCUT2D eigenvalue weighted by Gasteiger charge is -2.10. The van der Waals surface area contributed by atoms with Crippen LogP contribution in [0.25, 0.3) is 0 Å². The number of hydrogen-bond donors (Lipinski definition) is 1. The van der Waals surface area contributed by atoms with Crippen LogP contribution in [0.5, 0.6) is 11.5 Å². The number of sulfonamides is 1. The summed E-state index contributed by atoms with van der Waals surface area (Å²) in [6, 6.07) is 7.28. The fourth-order valence-corrected chi connectivity index (χ4v) is 3.82. The number of ether oxygens (including phenoxy) is 2. The maximum Gasteiger partial charge on any atom is 0.276 e. The molecule has 1 atom stereocenters. The predicted molar refractivity (Wildman–Crippen MR) is 107 cm³/mol. The molecule has 154 valence electrons. The summed E-state index contributed by atoms with van der Waals surface area (Å²) >= 11 is 0. The molecule has 0 unspecified atom stereocenters. The highest BCUT2D eigenvalue weighted by atomic mass is 32.2. The molecule has 0 aliphatic carbocycles. The number of aryl methyl sites for hydroxylation is 1. The molecule has 0 aromatic heterocycles. The molecule has 0 radical (unpaired) electrons. The second kappa shape index (κ2) is 8.08. The van der Waals surface area contributed by atoms with E-state index < -0.39 is 14.9 Å². The van der Waals surface area contributed by atoms with Crippen LogP contribution in [-0.2, 0) is 16.4 Å². The third-order valence-electron chi connectivity index (χ3n) is 4.39. The zero-order valence-electron chi connectivity index (χ0n) is 16.2. The lowest BCUT2D eigenvalue weighted by molar-refractivity contribution is -0.385. The van der Waals surface area contributed by atoms with Crippen molar-refractivity contribution in [1.29, 1.82) is 0 Å². The molecule has 0 amide bonds. The maximum absolute atomic E-state index is 12.4. The highest BCUT2D eigenvalue weighted by Gasteiger charge is 2.22. The summed E-state index contributed by atoms with van der Waals surface area (Å²) in [6.45, 7) is 5.78. The molecule has 0 saturated heterocycles. The monoisotopic (exact) mass is 419 g/mol. The predicted octanol–water partition coefficient (Wildman–Crippen LogP) is 2.94. The zero-order valence-corrected chi connectivity index (χ0v) is 17.0. The van der Waals surface area contributed by atoms with Crippen LogP contribution in [0.3, 0.4) is 0 Å². The molecule has 9 nitrogen and oxygen atoms in total. The maximum atomic E-state index is 12.4. The van der Waals surface area contributed by atoms with Gasteiger partial charge in [0.15, 0.2) is 0 Å². The van der Waals surface area contributed by atoms with Gasteiger partial charge in [-0.3, -0.25) is 10.1 Å². The van der Waals surface area contributed by atoms with Crippen molar-refractivity contribution in [1.82, 2.24) is 4.83 Å². The lowest BCUT2D eigenvalue weighted by atomic mass is 10.1. The third-order valence-corrected chi connectivity index (χ3v) is 5.61. The summed E-state index contributed by atoms with van der Waals surface area (Å²) in [5, 5.41) is 14.9. The van der Waals surface area contributed by atoms with Crippen LogP contribution < -0.4 is 14.3 Å². The van der Waals surface area contributed by atoms with Gasteiger partial charge in [0.25, 0.3) is 15.7 Å². The minimum Gasteiger partial charge on any atom is -0.493 e. The van der Waals surface area contributed by atoms with Crippen molar-refractivity contribution in [3.05, 3.63) is 57.1 Å². The average molecular weight is 419 g/mol. The van der Waals surface area contributed by atoms with Gasteiger partial charge in [-0.2, -0.15) is 13.5 Å². The molecule has 0 fully saturated rings. The van der Waals surface area contributed by atoms with E-state index in [9.17, 15) is 18.5 Å². The van der Waals surface area contributed by atoms with E-state index in [4.69, 9.17) is 9.47 Å². The Kier molecular flexibility index (Phi) is 5.73. The van der Waals surface area contributed by atoms with E-state index in [-0.39, 0.29) is 16.7 Å². The smallest absolute Gasteiger partial charge is 0.276 e. The van der Waals surface area contributed by atoms with Crippen LogP contribution in [0.4, 0.5) is 5.69 Å². The SMILES string of the molecule is CCOc1cc2c(cc1/C=N\NS(=O)(=O)c1ccc(C)c([N+](=O)[O-])c1)O[C@@H](C)C2. The Morgan fingerprint density at radius 3 is 2.83 bits per heavy atom. The molecule has 0 bridgehead atoms. The van der Waals surface area contributed by atoms with Gasteiger partial charge < -0.3 is 9.47 Å². The van der Waals surface area contributed by atoms with Crippen LogP contribution >= 0.6 is 0 Å². The van der Waals surface area contributed by atoms with E-state index >= 15 is 0 Å². The molecule has 1 N–H and O–H groups in total. The van der Waals surface area contributed by atoms with E-state index in [0.717, 1.165) is 18.1 Å². The molecule has 0 spiro atoms. The molecule has 1 heterocycles. The number of nitro groups is 1. The van der Waals surface area contributed by atoms with Gasteiger partial charge in [0, 0.05) is 29.2 Å². The van der Waals surface area contributed by atoms with Crippen molar-refractivity contribution in [3.63, 3.8) is 0 Å². The van der Waals surface area contributed by atoms with Gasteiger partial charge in [-0.1, -0.05) is 6.07 Å². The molecular formula is C19H21N3O6S. The first-order valence-electron chi connectivity index (χ1n) is 8.97. The molecule has 1 aliphatic rings. The van der Waals surface area contributed by atoms with Gasteiger partial charge >= 0.3 is 0 Å². The molecular weight excluding hydrogens is 398 g/mol. The van der Waals surface area contributed by atoms with Crippen molar-refractivity contribution < 1.29 is 22.8 Å². The van der Waals surface area contributed by atoms with Crippen molar-refractivity contribution in [2.75, 3.05) is 6.61 Å². The van der Waals surface area contributed by atoms with Gasteiger partial charge in [0.05, 0.1) is 22.6 Å². The van der Waals surface area contributed by atoms with Crippen LogP contribution in [0, 0.1) is 17.0 Å². The topological polar surface area (TPSA) is 120 Å².